The summed E-state index contributed by atoms with van der Waals surface area (Å²) >= 11 is 0. The lowest BCUT2D eigenvalue weighted by Crippen LogP contribution is -2.49. The van der Waals surface area contributed by atoms with Crippen molar-refractivity contribution in [3.8, 4) is 17.6 Å². The SMILES string of the molecule is CC(C)(C)C#Cc1cc(F)cc(OCC(O)CN2CCC(O)(Cn3ccnc3)CC2)c1. The molecule has 0 saturated carbocycles. The number of hydrogen-bond donors (Lipinski definition) is 2. The summed E-state index contributed by atoms with van der Waals surface area (Å²) in [6, 6.07) is 4.36. The summed E-state index contributed by atoms with van der Waals surface area (Å²) in [5.41, 5.74) is -0.388. The fraction of sp³-hybridized carbons (Fsp3) is 0.542. The van der Waals surface area contributed by atoms with E-state index in [9.17, 15) is 14.6 Å². The smallest absolute Gasteiger partial charge is 0.128 e. The van der Waals surface area contributed by atoms with Crippen LogP contribution in [0.5, 0.6) is 5.75 Å². The second kappa shape index (κ2) is 9.82. The number of β-amino-alcohol motifs (C(OH)–C–C–N with tert-alkyl or cyclic N) is 1. The molecule has 0 amide bonds. The van der Waals surface area contributed by atoms with Crippen molar-refractivity contribution in [1.29, 1.82) is 0 Å². The molecule has 1 aliphatic rings. The van der Waals surface area contributed by atoms with E-state index >= 15 is 0 Å². The minimum Gasteiger partial charge on any atom is -0.491 e. The molecule has 1 aromatic carbocycles. The third kappa shape index (κ3) is 7.66. The number of nitrogens with zero attached hydrogens (tertiary/aromatic N) is 3. The van der Waals surface area contributed by atoms with Gasteiger partial charge in [0.05, 0.1) is 18.5 Å². The molecule has 0 aliphatic carbocycles. The van der Waals surface area contributed by atoms with Gasteiger partial charge in [-0.1, -0.05) is 11.8 Å². The molecule has 7 heteroatoms. The molecule has 31 heavy (non-hydrogen) atoms. The van der Waals surface area contributed by atoms with Crippen molar-refractivity contribution < 1.29 is 19.3 Å². The number of rotatable bonds is 7. The molecule has 6 nitrogen and oxygen atoms in total. The predicted octanol–water partition coefficient (Wildman–Crippen LogP) is 2.69. The molecular formula is C24H32FN3O3. The first-order chi connectivity index (χ1) is 14.6. The molecule has 1 unspecified atom stereocenters. The molecule has 1 saturated heterocycles. The number of aliphatic hydroxyl groups is 2. The summed E-state index contributed by atoms with van der Waals surface area (Å²) in [6.45, 7) is 8.37. The number of halogens is 1. The predicted molar refractivity (Wildman–Crippen MR) is 117 cm³/mol. The number of imidazole rings is 1. The second-order valence-electron chi connectivity index (χ2n) is 9.40. The Morgan fingerprint density at radius 2 is 2.00 bits per heavy atom. The van der Waals surface area contributed by atoms with Crippen LogP contribution in [0.2, 0.25) is 0 Å². The molecule has 2 aromatic rings. The average molecular weight is 430 g/mol. The summed E-state index contributed by atoms with van der Waals surface area (Å²) in [5, 5.41) is 21.2. The van der Waals surface area contributed by atoms with Gasteiger partial charge in [0, 0.05) is 49.1 Å². The van der Waals surface area contributed by atoms with Gasteiger partial charge in [-0.15, -0.1) is 0 Å². The molecule has 3 rings (SSSR count). The van der Waals surface area contributed by atoms with Crippen molar-refractivity contribution in [1.82, 2.24) is 14.5 Å². The highest BCUT2D eigenvalue weighted by atomic mass is 19.1. The van der Waals surface area contributed by atoms with Crippen molar-refractivity contribution in [3.63, 3.8) is 0 Å². The highest BCUT2D eigenvalue weighted by molar-refractivity contribution is 5.41. The summed E-state index contributed by atoms with van der Waals surface area (Å²) < 4.78 is 21.4. The van der Waals surface area contributed by atoms with E-state index in [2.05, 4.69) is 21.7 Å². The Kier molecular flexibility index (Phi) is 7.37. The molecule has 1 aromatic heterocycles. The fourth-order valence-electron chi connectivity index (χ4n) is 3.55. The molecule has 2 heterocycles. The van der Waals surface area contributed by atoms with Crippen molar-refractivity contribution in [2.75, 3.05) is 26.2 Å². The number of hydrogen-bond acceptors (Lipinski definition) is 5. The van der Waals surface area contributed by atoms with Crippen LogP contribution in [-0.4, -0.2) is 62.6 Å². The first-order valence-corrected chi connectivity index (χ1v) is 10.7. The Bertz CT molecular complexity index is 904. The lowest BCUT2D eigenvalue weighted by Gasteiger charge is -2.38. The summed E-state index contributed by atoms with van der Waals surface area (Å²) in [5.74, 6) is 5.98. The minimum absolute atomic E-state index is 0.0609. The largest absolute Gasteiger partial charge is 0.491 e. The number of aliphatic hydroxyl groups excluding tert-OH is 1. The average Bonchev–Trinajstić information content (AvgIpc) is 3.18. The van der Waals surface area contributed by atoms with E-state index in [1.54, 1.807) is 18.6 Å². The molecule has 2 N–H and O–H groups in total. The molecule has 1 fully saturated rings. The van der Waals surface area contributed by atoms with Gasteiger partial charge in [-0.3, -0.25) is 0 Å². The number of likely N-dealkylation sites (tertiary alicyclic amines) is 1. The Morgan fingerprint density at radius 3 is 2.65 bits per heavy atom. The van der Waals surface area contributed by atoms with Gasteiger partial charge < -0.3 is 24.4 Å². The number of ether oxygens (including phenoxy) is 1. The van der Waals surface area contributed by atoms with E-state index < -0.39 is 17.5 Å². The first-order valence-electron chi connectivity index (χ1n) is 10.7. The van der Waals surface area contributed by atoms with Crippen LogP contribution in [0.4, 0.5) is 4.39 Å². The third-order valence-electron chi connectivity index (χ3n) is 5.19. The van der Waals surface area contributed by atoms with E-state index in [-0.39, 0.29) is 12.0 Å². The zero-order chi connectivity index (χ0) is 22.5. The summed E-state index contributed by atoms with van der Waals surface area (Å²) in [6.07, 6.45) is 5.78. The van der Waals surface area contributed by atoms with E-state index in [0.29, 0.717) is 50.3 Å². The Morgan fingerprint density at radius 1 is 1.26 bits per heavy atom. The topological polar surface area (TPSA) is 70.8 Å². The van der Waals surface area contributed by atoms with Crippen LogP contribution in [0.15, 0.2) is 36.9 Å². The van der Waals surface area contributed by atoms with Crippen LogP contribution in [-0.2, 0) is 6.54 Å². The van der Waals surface area contributed by atoms with E-state index in [0.717, 1.165) is 0 Å². The third-order valence-corrected chi connectivity index (χ3v) is 5.19. The highest BCUT2D eigenvalue weighted by Gasteiger charge is 2.33. The lowest BCUT2D eigenvalue weighted by atomic mass is 9.91. The normalized spacial score (nSPS) is 17.6. The summed E-state index contributed by atoms with van der Waals surface area (Å²) in [7, 11) is 0. The van der Waals surface area contributed by atoms with Crippen LogP contribution in [0.25, 0.3) is 0 Å². The van der Waals surface area contributed by atoms with Gasteiger partial charge in [0.15, 0.2) is 0 Å². The molecular weight excluding hydrogens is 397 g/mol. The Balaban J connectivity index is 1.47. The van der Waals surface area contributed by atoms with E-state index in [1.165, 1.54) is 12.1 Å². The number of benzene rings is 1. The van der Waals surface area contributed by atoms with Gasteiger partial charge in [0.2, 0.25) is 0 Å². The van der Waals surface area contributed by atoms with Crippen LogP contribution in [0.1, 0.15) is 39.2 Å². The molecule has 1 atom stereocenters. The quantitative estimate of drug-likeness (QED) is 0.663. The van der Waals surface area contributed by atoms with Crippen molar-refractivity contribution in [2.24, 2.45) is 5.41 Å². The van der Waals surface area contributed by atoms with Crippen LogP contribution < -0.4 is 4.74 Å². The van der Waals surface area contributed by atoms with E-state index in [1.807, 2.05) is 31.5 Å². The Labute approximate surface area is 183 Å². The first kappa shape index (κ1) is 23.3. The van der Waals surface area contributed by atoms with Crippen molar-refractivity contribution >= 4 is 0 Å². The Hall–Kier alpha value is -2.40. The fourth-order valence-corrected chi connectivity index (χ4v) is 3.55. The maximum absolute atomic E-state index is 13.9. The van der Waals surface area contributed by atoms with Crippen LogP contribution in [0.3, 0.4) is 0 Å². The van der Waals surface area contributed by atoms with Gasteiger partial charge in [0.1, 0.15) is 24.3 Å². The highest BCUT2D eigenvalue weighted by Crippen LogP contribution is 2.24. The molecule has 0 radical (unpaired) electrons. The standard InChI is InChI=1S/C24H32FN3O3/c1-23(2,3)5-4-19-12-20(25)14-22(13-19)31-16-21(29)15-27-9-6-24(30,7-10-27)17-28-11-8-26-18-28/h8,11-14,18,21,29-30H,6-7,9-10,15-17H2,1-3H3. The maximum Gasteiger partial charge on any atom is 0.128 e. The van der Waals surface area contributed by atoms with Crippen LogP contribution in [0, 0.1) is 23.1 Å². The number of aromatic nitrogens is 2. The van der Waals surface area contributed by atoms with Crippen molar-refractivity contribution in [3.05, 3.63) is 48.3 Å². The second-order valence-corrected chi connectivity index (χ2v) is 9.40. The van der Waals surface area contributed by atoms with Crippen molar-refractivity contribution in [2.45, 2.75) is 51.9 Å². The molecule has 0 spiro atoms. The summed E-state index contributed by atoms with van der Waals surface area (Å²) in [4.78, 5) is 6.13. The zero-order valence-corrected chi connectivity index (χ0v) is 18.5. The van der Waals surface area contributed by atoms with Gasteiger partial charge >= 0.3 is 0 Å². The van der Waals surface area contributed by atoms with E-state index in [4.69, 9.17) is 4.74 Å². The van der Waals surface area contributed by atoms with Gasteiger partial charge in [0.25, 0.3) is 0 Å². The van der Waals surface area contributed by atoms with Gasteiger partial charge in [-0.05, 0) is 45.7 Å². The van der Waals surface area contributed by atoms with Gasteiger partial charge in [-0.25, -0.2) is 9.37 Å². The lowest BCUT2D eigenvalue weighted by molar-refractivity contribution is -0.0438. The zero-order valence-electron chi connectivity index (χ0n) is 18.5. The maximum atomic E-state index is 13.9. The number of piperidine rings is 1. The van der Waals surface area contributed by atoms with Gasteiger partial charge in [-0.2, -0.15) is 0 Å². The molecule has 0 bridgehead atoms. The minimum atomic E-state index is -0.759. The molecule has 1 aliphatic heterocycles. The monoisotopic (exact) mass is 429 g/mol. The molecule has 168 valence electrons. The van der Waals surface area contributed by atoms with Crippen LogP contribution >= 0.6 is 0 Å².